The standard InChI is InChI=1S/C29H31N4.C13H24O2.Ir/c1-19-30-25-27(33(19)29(5,6)7)32(22-14-9-8-10-15-22)26(31-25)21-17-20-13-11-12-16-23(20)24(18-21)28(2,3)4;1-5-10(6-2)12(14)9-13(15)11(7-3)8-4;/h8-16,18H,1-7H3;9-11,14H,5-8H2,1-4H3;/q-1;;/b;12-9-;/i1D3;;. The van der Waals surface area contributed by atoms with Gasteiger partial charge in [-0.05, 0) is 70.9 Å². The Morgan fingerprint density at radius 3 is 2.04 bits per heavy atom. The summed E-state index contributed by atoms with van der Waals surface area (Å²) in [5.41, 5.74) is 3.37. The van der Waals surface area contributed by atoms with Gasteiger partial charge in [-0.3, -0.25) is 4.79 Å². The molecule has 0 spiro atoms. The first-order valence-corrected chi connectivity index (χ1v) is 17.3. The van der Waals surface area contributed by atoms with Gasteiger partial charge in [0.05, 0.1) is 11.6 Å². The van der Waals surface area contributed by atoms with Crippen LogP contribution in [0, 0.1) is 24.8 Å². The van der Waals surface area contributed by atoms with Crippen molar-refractivity contribution >= 4 is 27.9 Å². The van der Waals surface area contributed by atoms with Gasteiger partial charge < -0.3 is 14.2 Å². The van der Waals surface area contributed by atoms with Crippen molar-refractivity contribution < 1.29 is 34.1 Å². The summed E-state index contributed by atoms with van der Waals surface area (Å²) in [6.07, 6.45) is 4.91. The first-order chi connectivity index (χ1) is 23.9. The van der Waals surface area contributed by atoms with E-state index in [-0.39, 0.29) is 54.7 Å². The number of hydrogen-bond donors (Lipinski definition) is 1. The van der Waals surface area contributed by atoms with Crippen LogP contribution in [0.5, 0.6) is 0 Å². The number of aryl methyl sites for hydroxylation is 1. The van der Waals surface area contributed by atoms with Crippen molar-refractivity contribution in [1.82, 2.24) is 19.1 Å². The number of nitrogens with zero attached hydrogens (tertiary/aromatic N) is 4. The zero-order valence-electron chi connectivity index (χ0n) is 33.8. The van der Waals surface area contributed by atoms with E-state index in [0.29, 0.717) is 17.1 Å². The molecule has 265 valence electrons. The molecule has 0 aliphatic carbocycles. The molecule has 6 nitrogen and oxygen atoms in total. The van der Waals surface area contributed by atoms with Crippen molar-refractivity contribution in [3.05, 3.63) is 90.0 Å². The minimum atomic E-state index is -2.37. The van der Waals surface area contributed by atoms with Gasteiger partial charge in [0.15, 0.2) is 17.1 Å². The largest absolute Gasteiger partial charge is 0.512 e. The van der Waals surface area contributed by atoms with Crippen LogP contribution in [0.2, 0.25) is 0 Å². The summed E-state index contributed by atoms with van der Waals surface area (Å²) in [6, 6.07) is 23.9. The number of rotatable bonds is 9. The van der Waals surface area contributed by atoms with Crippen LogP contribution in [0.4, 0.5) is 0 Å². The predicted octanol–water partition coefficient (Wildman–Crippen LogP) is 11.1. The second-order valence-electron chi connectivity index (χ2n) is 14.6. The van der Waals surface area contributed by atoms with Gasteiger partial charge in [0.2, 0.25) is 0 Å². The van der Waals surface area contributed by atoms with Gasteiger partial charge in [0.1, 0.15) is 5.82 Å². The SMILES string of the molecule is CCC(CC)C(=O)/C=C(\O)C(CC)CC.[2H]C([2H])([2H])c1nc2nc(-c3[c-]c4ccccc4c(C(C)(C)C)c3)n(-c3ccccc3)c2n1C(C)(C)C.[Ir]. The topological polar surface area (TPSA) is 72.9 Å². The van der Waals surface area contributed by atoms with Crippen LogP contribution in [-0.4, -0.2) is 30.0 Å². The third-order valence-corrected chi connectivity index (χ3v) is 9.06. The number of benzene rings is 3. The van der Waals surface area contributed by atoms with E-state index in [0.717, 1.165) is 47.7 Å². The number of aromatic nitrogens is 4. The number of fused-ring (bicyclic) bond motifs is 2. The molecule has 3 aromatic carbocycles. The quantitative estimate of drug-likeness (QED) is 0.0911. The van der Waals surface area contributed by atoms with Crippen LogP contribution in [-0.2, 0) is 35.9 Å². The summed E-state index contributed by atoms with van der Waals surface area (Å²) >= 11 is 0. The average molecular weight is 843 g/mol. The molecule has 0 atom stereocenters. The number of para-hydroxylation sites is 1. The molecule has 7 heteroatoms. The third kappa shape index (κ3) is 8.80. The van der Waals surface area contributed by atoms with E-state index in [1.165, 1.54) is 11.6 Å². The normalized spacial score (nSPS) is 13.6. The van der Waals surface area contributed by atoms with Gasteiger partial charge in [0.25, 0.3) is 0 Å². The molecule has 0 aliphatic heterocycles. The maximum Gasteiger partial charge on any atom is 0.190 e. The molecule has 0 saturated heterocycles. The smallest absolute Gasteiger partial charge is 0.190 e. The molecule has 0 saturated carbocycles. The van der Waals surface area contributed by atoms with Gasteiger partial charge >= 0.3 is 0 Å². The van der Waals surface area contributed by atoms with Gasteiger partial charge in [0, 0.05) is 53.4 Å². The second kappa shape index (κ2) is 16.4. The van der Waals surface area contributed by atoms with Gasteiger partial charge in [-0.1, -0.05) is 95.8 Å². The molecule has 0 amide bonds. The predicted molar refractivity (Wildman–Crippen MR) is 201 cm³/mol. The summed E-state index contributed by atoms with van der Waals surface area (Å²) < 4.78 is 28.3. The molecule has 5 rings (SSSR count). The van der Waals surface area contributed by atoms with Crippen LogP contribution in [0.1, 0.15) is 110 Å². The number of ketones is 1. The second-order valence-corrected chi connectivity index (χ2v) is 14.6. The number of allylic oxidation sites excluding steroid dienone is 2. The number of aliphatic hydroxyl groups is 1. The van der Waals surface area contributed by atoms with E-state index in [1.54, 1.807) is 0 Å². The monoisotopic (exact) mass is 843 g/mol. The van der Waals surface area contributed by atoms with Crippen molar-refractivity contribution in [2.24, 2.45) is 11.8 Å². The minimum absolute atomic E-state index is 0. The van der Waals surface area contributed by atoms with Gasteiger partial charge in [-0.15, -0.1) is 29.1 Å². The summed E-state index contributed by atoms with van der Waals surface area (Å²) in [5, 5.41) is 11.9. The molecule has 2 heterocycles. The Morgan fingerprint density at radius 2 is 1.49 bits per heavy atom. The number of carbonyl (C=O) groups excluding carboxylic acids is 1. The zero-order valence-corrected chi connectivity index (χ0v) is 33.2. The van der Waals surface area contributed by atoms with E-state index in [9.17, 15) is 9.90 Å². The molecule has 0 bridgehead atoms. The molecular weight excluding hydrogens is 785 g/mol. The first-order valence-electron chi connectivity index (χ1n) is 18.8. The first kappa shape index (κ1) is 35.3. The van der Waals surface area contributed by atoms with Crippen molar-refractivity contribution in [2.75, 3.05) is 0 Å². The van der Waals surface area contributed by atoms with Crippen molar-refractivity contribution in [3.63, 3.8) is 0 Å². The van der Waals surface area contributed by atoms with Crippen molar-refractivity contribution in [2.45, 2.75) is 113 Å². The van der Waals surface area contributed by atoms with E-state index < -0.39 is 12.4 Å². The van der Waals surface area contributed by atoms with Crippen LogP contribution in [0.3, 0.4) is 0 Å². The molecule has 2 aromatic heterocycles. The molecule has 0 unspecified atom stereocenters. The number of carbonyl (C=O) groups is 1. The fourth-order valence-corrected chi connectivity index (χ4v) is 6.31. The van der Waals surface area contributed by atoms with Gasteiger partial charge in [-0.25, -0.2) is 9.97 Å². The Bertz CT molecular complexity index is 1990. The fourth-order valence-electron chi connectivity index (χ4n) is 6.31. The van der Waals surface area contributed by atoms with Gasteiger partial charge in [-0.2, -0.15) is 0 Å². The molecule has 5 aromatic rings. The summed E-state index contributed by atoms with van der Waals surface area (Å²) in [7, 11) is 0. The molecule has 1 N–H and O–H groups in total. The average Bonchev–Trinajstić information content (AvgIpc) is 3.63. The molecular formula is C42H55IrN4O2-. The fraction of sp³-hybridized carbons (Fsp3) is 0.452. The summed E-state index contributed by atoms with van der Waals surface area (Å²) in [4.78, 5) is 21.2. The Hall–Kier alpha value is -3.54. The van der Waals surface area contributed by atoms with Crippen LogP contribution >= 0.6 is 0 Å². The minimum Gasteiger partial charge on any atom is -0.512 e. The molecule has 0 fully saturated rings. The zero-order chi connectivity index (χ0) is 37.9. The molecule has 49 heavy (non-hydrogen) atoms. The molecule has 0 aliphatic rings. The summed E-state index contributed by atoms with van der Waals surface area (Å²) in [6.45, 7) is 18.3. The Labute approximate surface area is 311 Å². The van der Waals surface area contributed by atoms with Crippen LogP contribution in [0.15, 0.2) is 72.5 Å². The van der Waals surface area contributed by atoms with E-state index in [1.807, 2.05) is 94.0 Å². The van der Waals surface area contributed by atoms with Crippen molar-refractivity contribution in [1.29, 1.82) is 0 Å². The molecule has 1 radical (unpaired) electrons. The Morgan fingerprint density at radius 1 is 0.898 bits per heavy atom. The van der Waals surface area contributed by atoms with E-state index in [2.05, 4.69) is 56.1 Å². The maximum atomic E-state index is 11.7. The number of imidazole rings is 2. The Kier molecular flexibility index (Phi) is 11.8. The maximum absolute atomic E-state index is 11.7. The van der Waals surface area contributed by atoms with Crippen LogP contribution < -0.4 is 0 Å². The third-order valence-electron chi connectivity index (χ3n) is 9.06. The van der Waals surface area contributed by atoms with Crippen molar-refractivity contribution in [3.8, 4) is 17.1 Å². The van der Waals surface area contributed by atoms with E-state index >= 15 is 0 Å². The van der Waals surface area contributed by atoms with E-state index in [4.69, 9.17) is 9.10 Å². The number of aliphatic hydroxyl groups excluding tert-OH is 1. The van der Waals surface area contributed by atoms with Crippen LogP contribution in [0.25, 0.3) is 39.1 Å². The number of hydrogen-bond acceptors (Lipinski definition) is 4. The Balaban J connectivity index is 0.000000389. The summed E-state index contributed by atoms with van der Waals surface area (Å²) in [5.74, 6) is 1.28.